The Morgan fingerprint density at radius 1 is 1.11 bits per heavy atom. The number of ether oxygens (including phenoxy) is 1. The SMILES string of the molecule is CCOC(=O)CN(c1ccccc1Br)S(=O)(=O)c1ccc(NC(C)=O)cc1. The summed E-state index contributed by atoms with van der Waals surface area (Å²) in [6.45, 7) is 2.69. The topological polar surface area (TPSA) is 92.8 Å². The van der Waals surface area contributed by atoms with Gasteiger partial charge in [0.1, 0.15) is 6.54 Å². The van der Waals surface area contributed by atoms with Gasteiger partial charge in [-0.3, -0.25) is 13.9 Å². The second-order valence-electron chi connectivity index (χ2n) is 5.47. The molecular weight excluding hydrogens is 436 g/mol. The number of sulfonamides is 1. The number of halogens is 1. The monoisotopic (exact) mass is 454 g/mol. The fourth-order valence-corrected chi connectivity index (χ4v) is 4.36. The van der Waals surface area contributed by atoms with Gasteiger partial charge in [-0.05, 0) is 59.3 Å². The molecule has 2 aromatic carbocycles. The lowest BCUT2D eigenvalue weighted by molar-refractivity contribution is -0.141. The Kier molecular flexibility index (Phi) is 6.98. The first kappa shape index (κ1) is 20.9. The average molecular weight is 455 g/mol. The minimum absolute atomic E-state index is 0.0170. The fraction of sp³-hybridized carbons (Fsp3) is 0.222. The van der Waals surface area contributed by atoms with Crippen LogP contribution in [0.2, 0.25) is 0 Å². The summed E-state index contributed by atoms with van der Waals surface area (Å²) in [4.78, 5) is 23.1. The van der Waals surface area contributed by atoms with Crippen LogP contribution < -0.4 is 9.62 Å². The second kappa shape index (κ2) is 9.01. The van der Waals surface area contributed by atoms with E-state index < -0.39 is 22.5 Å². The maximum Gasteiger partial charge on any atom is 0.326 e. The highest BCUT2D eigenvalue weighted by Gasteiger charge is 2.29. The Morgan fingerprint density at radius 2 is 1.74 bits per heavy atom. The Hall–Kier alpha value is -2.39. The van der Waals surface area contributed by atoms with Gasteiger partial charge < -0.3 is 10.1 Å². The van der Waals surface area contributed by atoms with Crippen molar-refractivity contribution in [2.45, 2.75) is 18.7 Å². The summed E-state index contributed by atoms with van der Waals surface area (Å²) in [7, 11) is -4.05. The number of benzene rings is 2. The van der Waals surface area contributed by atoms with Crippen LogP contribution in [0.25, 0.3) is 0 Å². The minimum atomic E-state index is -4.05. The van der Waals surface area contributed by atoms with Gasteiger partial charge >= 0.3 is 5.97 Å². The lowest BCUT2D eigenvalue weighted by atomic mass is 10.3. The number of hydrogen-bond donors (Lipinski definition) is 1. The summed E-state index contributed by atoms with van der Waals surface area (Å²) in [6, 6.07) is 12.4. The van der Waals surface area contributed by atoms with Crippen molar-refractivity contribution in [3.05, 3.63) is 53.0 Å². The number of anilines is 2. The number of amides is 1. The Bertz CT molecular complexity index is 929. The van der Waals surface area contributed by atoms with Crippen molar-refractivity contribution in [1.29, 1.82) is 0 Å². The zero-order valence-corrected chi connectivity index (χ0v) is 17.2. The van der Waals surface area contributed by atoms with Crippen molar-refractivity contribution in [2.24, 2.45) is 0 Å². The zero-order valence-electron chi connectivity index (χ0n) is 14.8. The molecule has 2 rings (SSSR count). The van der Waals surface area contributed by atoms with Gasteiger partial charge in [0.25, 0.3) is 10.0 Å². The molecule has 9 heteroatoms. The molecule has 7 nitrogen and oxygen atoms in total. The minimum Gasteiger partial charge on any atom is -0.465 e. The van der Waals surface area contributed by atoms with Crippen molar-refractivity contribution in [2.75, 3.05) is 22.8 Å². The summed E-state index contributed by atoms with van der Waals surface area (Å²) >= 11 is 3.32. The fourth-order valence-electron chi connectivity index (χ4n) is 2.32. The molecule has 144 valence electrons. The maximum atomic E-state index is 13.2. The summed E-state index contributed by atoms with van der Waals surface area (Å²) in [5.74, 6) is -0.922. The van der Waals surface area contributed by atoms with E-state index in [1.807, 2.05) is 0 Å². The smallest absolute Gasteiger partial charge is 0.326 e. The van der Waals surface area contributed by atoms with Crippen LogP contribution >= 0.6 is 15.9 Å². The lowest BCUT2D eigenvalue weighted by Gasteiger charge is -2.24. The number of nitrogens with one attached hydrogen (secondary N) is 1. The molecule has 0 saturated carbocycles. The number of esters is 1. The molecule has 0 saturated heterocycles. The van der Waals surface area contributed by atoms with Crippen LogP contribution in [0, 0.1) is 0 Å². The number of para-hydroxylation sites is 1. The molecule has 0 unspecified atom stereocenters. The molecule has 1 amide bonds. The first-order chi connectivity index (χ1) is 12.8. The summed E-state index contributed by atoms with van der Waals surface area (Å²) < 4.78 is 32.8. The van der Waals surface area contributed by atoms with Crippen molar-refractivity contribution < 1.29 is 22.7 Å². The molecule has 0 bridgehead atoms. The Labute approximate surface area is 166 Å². The van der Waals surface area contributed by atoms with Gasteiger partial charge in [-0.25, -0.2) is 8.42 Å². The summed E-state index contributed by atoms with van der Waals surface area (Å²) in [5, 5.41) is 2.57. The lowest BCUT2D eigenvalue weighted by Crippen LogP contribution is -2.36. The summed E-state index contributed by atoms with van der Waals surface area (Å²) in [5.41, 5.74) is 0.788. The van der Waals surface area contributed by atoms with Gasteiger partial charge in [-0.2, -0.15) is 0 Å². The van der Waals surface area contributed by atoms with Crippen LogP contribution in [0.1, 0.15) is 13.8 Å². The zero-order chi connectivity index (χ0) is 20.0. The van der Waals surface area contributed by atoms with Crippen molar-refractivity contribution in [1.82, 2.24) is 0 Å². The van der Waals surface area contributed by atoms with E-state index in [2.05, 4.69) is 21.2 Å². The molecule has 0 radical (unpaired) electrons. The Morgan fingerprint density at radius 3 is 2.30 bits per heavy atom. The van der Waals surface area contributed by atoms with Gasteiger partial charge in [0, 0.05) is 17.1 Å². The van der Waals surface area contributed by atoms with Gasteiger partial charge in [0.2, 0.25) is 5.91 Å². The third-order valence-corrected chi connectivity index (χ3v) is 5.91. The van der Waals surface area contributed by atoms with Crippen LogP contribution in [0.5, 0.6) is 0 Å². The van der Waals surface area contributed by atoms with E-state index in [4.69, 9.17) is 4.74 Å². The number of carbonyl (C=O) groups excluding carboxylic acids is 2. The van der Waals surface area contributed by atoms with Crippen LogP contribution in [0.15, 0.2) is 57.9 Å². The largest absolute Gasteiger partial charge is 0.465 e. The van der Waals surface area contributed by atoms with E-state index in [9.17, 15) is 18.0 Å². The number of nitrogens with zero attached hydrogens (tertiary/aromatic N) is 1. The quantitative estimate of drug-likeness (QED) is 0.648. The van der Waals surface area contributed by atoms with E-state index in [1.54, 1.807) is 31.2 Å². The summed E-state index contributed by atoms with van der Waals surface area (Å²) in [6.07, 6.45) is 0. The van der Waals surface area contributed by atoms with E-state index >= 15 is 0 Å². The normalized spacial score (nSPS) is 10.9. The van der Waals surface area contributed by atoms with Crippen LogP contribution in [0.3, 0.4) is 0 Å². The molecule has 0 atom stereocenters. The van der Waals surface area contributed by atoms with Crippen molar-refractivity contribution in [3.8, 4) is 0 Å². The molecule has 2 aromatic rings. The molecule has 0 fully saturated rings. The average Bonchev–Trinajstić information content (AvgIpc) is 2.60. The third kappa shape index (κ3) is 5.30. The predicted octanol–water partition coefficient (Wildman–Crippen LogP) is 3.17. The molecule has 0 aliphatic carbocycles. The van der Waals surface area contributed by atoms with Gasteiger partial charge in [0.15, 0.2) is 0 Å². The van der Waals surface area contributed by atoms with E-state index in [1.165, 1.54) is 31.2 Å². The molecule has 0 spiro atoms. The highest BCUT2D eigenvalue weighted by atomic mass is 79.9. The molecule has 27 heavy (non-hydrogen) atoms. The number of rotatable bonds is 7. The molecule has 0 aliphatic heterocycles. The first-order valence-corrected chi connectivity index (χ1v) is 10.3. The van der Waals surface area contributed by atoms with Crippen molar-refractivity contribution in [3.63, 3.8) is 0 Å². The highest BCUT2D eigenvalue weighted by Crippen LogP contribution is 2.31. The van der Waals surface area contributed by atoms with Crippen LogP contribution in [-0.2, 0) is 24.3 Å². The molecule has 0 aliphatic rings. The van der Waals surface area contributed by atoms with Gasteiger partial charge in [0.05, 0.1) is 17.2 Å². The number of carbonyl (C=O) groups is 2. The van der Waals surface area contributed by atoms with Gasteiger partial charge in [-0.1, -0.05) is 12.1 Å². The molecule has 1 N–H and O–H groups in total. The van der Waals surface area contributed by atoms with Crippen molar-refractivity contribution >= 4 is 49.2 Å². The highest BCUT2D eigenvalue weighted by molar-refractivity contribution is 9.10. The van der Waals surface area contributed by atoms with E-state index in [-0.39, 0.29) is 17.4 Å². The third-order valence-electron chi connectivity index (χ3n) is 3.46. The first-order valence-electron chi connectivity index (χ1n) is 8.06. The van der Waals surface area contributed by atoms with E-state index in [0.717, 1.165) is 4.31 Å². The number of hydrogen-bond acceptors (Lipinski definition) is 5. The second-order valence-corrected chi connectivity index (χ2v) is 8.19. The van der Waals surface area contributed by atoms with E-state index in [0.29, 0.717) is 15.8 Å². The molecular formula is C18H19BrN2O5S. The predicted molar refractivity (Wildman–Crippen MR) is 106 cm³/mol. The van der Waals surface area contributed by atoms with Gasteiger partial charge in [-0.15, -0.1) is 0 Å². The Balaban J connectivity index is 2.45. The maximum absolute atomic E-state index is 13.2. The molecule has 0 aromatic heterocycles. The standard InChI is InChI=1S/C18H19BrN2O5S/c1-3-26-18(23)12-21(17-7-5-4-6-16(17)19)27(24,25)15-10-8-14(9-11-15)20-13(2)22/h4-11H,3,12H2,1-2H3,(H,20,22). The molecule has 0 heterocycles. The van der Waals surface area contributed by atoms with Crippen LogP contribution in [-0.4, -0.2) is 33.4 Å². The van der Waals surface area contributed by atoms with Crippen LogP contribution in [0.4, 0.5) is 11.4 Å².